The lowest BCUT2D eigenvalue weighted by Crippen LogP contribution is -2.45. The van der Waals surface area contributed by atoms with Gasteiger partial charge in [-0.1, -0.05) is 48.5 Å². The van der Waals surface area contributed by atoms with Crippen LogP contribution in [0.1, 0.15) is 23.5 Å². The van der Waals surface area contributed by atoms with Gasteiger partial charge in [0.15, 0.2) is 0 Å². The van der Waals surface area contributed by atoms with Crippen LogP contribution >= 0.6 is 0 Å². The average molecular weight is 308 g/mol. The fraction of sp³-hybridized carbons (Fsp3) is 0.400. The van der Waals surface area contributed by atoms with Crippen molar-refractivity contribution in [3.8, 4) is 0 Å². The largest absolute Gasteiger partial charge is 0.384 e. The van der Waals surface area contributed by atoms with Crippen molar-refractivity contribution in [3.63, 3.8) is 0 Å². The number of ether oxygens (including phenoxy) is 1. The van der Waals surface area contributed by atoms with Gasteiger partial charge in [0.25, 0.3) is 0 Å². The van der Waals surface area contributed by atoms with Crippen LogP contribution in [0.3, 0.4) is 0 Å². The maximum absolute atomic E-state index is 5.79. The number of benzene rings is 2. The molecule has 120 valence electrons. The van der Waals surface area contributed by atoms with Crippen molar-refractivity contribution in [2.24, 2.45) is 0 Å². The van der Waals surface area contributed by atoms with Crippen LogP contribution in [0.2, 0.25) is 0 Å². The first-order valence-corrected chi connectivity index (χ1v) is 8.58. The van der Waals surface area contributed by atoms with E-state index in [2.05, 4.69) is 64.8 Å². The van der Waals surface area contributed by atoms with Crippen molar-refractivity contribution in [2.45, 2.75) is 24.9 Å². The van der Waals surface area contributed by atoms with Crippen molar-refractivity contribution in [3.05, 3.63) is 65.7 Å². The minimum absolute atomic E-state index is 0.502. The van der Waals surface area contributed by atoms with Gasteiger partial charge in [-0.15, -0.1) is 0 Å². The standard InChI is InChI=1S/C20H24N2O/c1-2-6-16(7-3-1)14-22-10-11-23-15-18(22)12-17-13-21-20-9-5-4-8-19(17)20/h1-9,17-18,21H,10-15H2. The SMILES string of the molecule is c1ccc(CN2CCOCC2CC2CNc3ccccc32)cc1. The number of morpholine rings is 1. The summed E-state index contributed by atoms with van der Waals surface area (Å²) in [4.78, 5) is 2.60. The van der Waals surface area contributed by atoms with E-state index in [-0.39, 0.29) is 0 Å². The smallest absolute Gasteiger partial charge is 0.0622 e. The Kier molecular flexibility index (Phi) is 4.31. The highest BCUT2D eigenvalue weighted by Crippen LogP contribution is 2.35. The predicted molar refractivity (Wildman–Crippen MR) is 93.7 cm³/mol. The van der Waals surface area contributed by atoms with E-state index in [1.165, 1.54) is 16.8 Å². The van der Waals surface area contributed by atoms with E-state index in [0.717, 1.165) is 39.3 Å². The molecule has 4 rings (SSSR count). The molecule has 1 fully saturated rings. The summed E-state index contributed by atoms with van der Waals surface area (Å²) in [5.41, 5.74) is 4.17. The highest BCUT2D eigenvalue weighted by atomic mass is 16.5. The molecule has 1 saturated heterocycles. The Balaban J connectivity index is 1.46. The molecule has 2 atom stereocenters. The number of rotatable bonds is 4. The zero-order valence-electron chi connectivity index (χ0n) is 13.4. The third-order valence-electron chi connectivity index (χ3n) is 5.07. The van der Waals surface area contributed by atoms with Crippen molar-refractivity contribution >= 4 is 5.69 Å². The summed E-state index contributed by atoms with van der Waals surface area (Å²) in [5.74, 6) is 0.594. The molecule has 0 aromatic heterocycles. The number of hydrogen-bond donors (Lipinski definition) is 1. The first kappa shape index (κ1) is 14.7. The van der Waals surface area contributed by atoms with Crippen LogP contribution in [0.4, 0.5) is 5.69 Å². The lowest BCUT2D eigenvalue weighted by atomic mass is 9.93. The molecular formula is C20H24N2O. The van der Waals surface area contributed by atoms with Crippen molar-refractivity contribution in [2.75, 3.05) is 31.6 Å². The number of hydrogen-bond acceptors (Lipinski definition) is 3. The van der Waals surface area contributed by atoms with Gasteiger partial charge in [-0.25, -0.2) is 0 Å². The Morgan fingerprint density at radius 1 is 1.04 bits per heavy atom. The lowest BCUT2D eigenvalue weighted by molar-refractivity contribution is -0.0164. The van der Waals surface area contributed by atoms with Crippen LogP contribution in [0, 0.1) is 0 Å². The van der Waals surface area contributed by atoms with E-state index in [9.17, 15) is 0 Å². The molecule has 3 heteroatoms. The normalized spacial score (nSPS) is 24.2. The second-order valence-electron chi connectivity index (χ2n) is 6.59. The monoisotopic (exact) mass is 308 g/mol. The van der Waals surface area contributed by atoms with Crippen LogP contribution in [0.5, 0.6) is 0 Å². The average Bonchev–Trinajstić information content (AvgIpc) is 3.01. The highest BCUT2D eigenvalue weighted by Gasteiger charge is 2.29. The molecule has 2 aliphatic heterocycles. The summed E-state index contributed by atoms with van der Waals surface area (Å²) >= 11 is 0. The van der Waals surface area contributed by atoms with Gasteiger partial charge in [-0.2, -0.15) is 0 Å². The quantitative estimate of drug-likeness (QED) is 0.936. The van der Waals surface area contributed by atoms with Gasteiger partial charge in [0, 0.05) is 37.3 Å². The Hall–Kier alpha value is -1.84. The second kappa shape index (κ2) is 6.73. The summed E-state index contributed by atoms with van der Waals surface area (Å²) in [6.07, 6.45) is 1.16. The zero-order valence-corrected chi connectivity index (χ0v) is 13.4. The Morgan fingerprint density at radius 2 is 1.87 bits per heavy atom. The minimum Gasteiger partial charge on any atom is -0.384 e. The Bertz CT molecular complexity index is 643. The molecule has 2 aliphatic rings. The van der Waals surface area contributed by atoms with Gasteiger partial charge in [0.05, 0.1) is 13.2 Å². The summed E-state index contributed by atoms with van der Waals surface area (Å²) in [6.45, 7) is 4.81. The van der Waals surface area contributed by atoms with Gasteiger partial charge in [-0.3, -0.25) is 4.90 Å². The van der Waals surface area contributed by atoms with Crippen LogP contribution < -0.4 is 5.32 Å². The van der Waals surface area contributed by atoms with Gasteiger partial charge >= 0.3 is 0 Å². The third kappa shape index (κ3) is 3.26. The van der Waals surface area contributed by atoms with E-state index < -0.39 is 0 Å². The van der Waals surface area contributed by atoms with Crippen LogP contribution in [0.15, 0.2) is 54.6 Å². The number of nitrogens with one attached hydrogen (secondary N) is 1. The van der Waals surface area contributed by atoms with Crippen molar-refractivity contribution in [1.29, 1.82) is 0 Å². The molecule has 3 nitrogen and oxygen atoms in total. The van der Waals surface area contributed by atoms with E-state index >= 15 is 0 Å². The summed E-state index contributed by atoms with van der Waals surface area (Å²) in [6, 6.07) is 20.0. The van der Waals surface area contributed by atoms with Crippen molar-refractivity contribution < 1.29 is 4.74 Å². The van der Waals surface area contributed by atoms with E-state index in [0.29, 0.717) is 12.0 Å². The van der Waals surface area contributed by atoms with Gasteiger partial charge in [-0.05, 0) is 23.6 Å². The minimum atomic E-state index is 0.502. The van der Waals surface area contributed by atoms with Crippen LogP contribution in [-0.2, 0) is 11.3 Å². The topological polar surface area (TPSA) is 24.5 Å². The second-order valence-corrected chi connectivity index (χ2v) is 6.59. The summed E-state index contributed by atoms with van der Waals surface area (Å²) < 4.78 is 5.79. The van der Waals surface area contributed by atoms with E-state index in [4.69, 9.17) is 4.74 Å². The van der Waals surface area contributed by atoms with Gasteiger partial charge < -0.3 is 10.1 Å². The number of nitrogens with zero attached hydrogens (tertiary/aromatic N) is 1. The molecule has 2 aromatic carbocycles. The maximum Gasteiger partial charge on any atom is 0.0622 e. The molecule has 2 unspecified atom stereocenters. The Labute approximate surface area is 138 Å². The highest BCUT2D eigenvalue weighted by molar-refractivity contribution is 5.57. The van der Waals surface area contributed by atoms with Gasteiger partial charge in [0.1, 0.15) is 0 Å². The summed E-state index contributed by atoms with van der Waals surface area (Å²) in [5, 5.41) is 3.54. The first-order valence-electron chi connectivity index (χ1n) is 8.58. The number of anilines is 1. The summed E-state index contributed by atoms with van der Waals surface area (Å²) in [7, 11) is 0. The number of para-hydroxylation sites is 1. The molecule has 0 saturated carbocycles. The molecular weight excluding hydrogens is 284 g/mol. The van der Waals surface area contributed by atoms with Crippen LogP contribution in [-0.4, -0.2) is 37.2 Å². The van der Waals surface area contributed by atoms with Crippen molar-refractivity contribution in [1.82, 2.24) is 4.90 Å². The molecule has 1 N–H and O–H groups in total. The molecule has 2 aromatic rings. The van der Waals surface area contributed by atoms with E-state index in [1.54, 1.807) is 0 Å². The first-order chi connectivity index (χ1) is 11.4. The van der Waals surface area contributed by atoms with Gasteiger partial charge in [0.2, 0.25) is 0 Å². The molecule has 23 heavy (non-hydrogen) atoms. The third-order valence-corrected chi connectivity index (χ3v) is 5.07. The fourth-order valence-electron chi connectivity index (χ4n) is 3.83. The molecule has 2 heterocycles. The molecule has 0 bridgehead atoms. The zero-order chi connectivity index (χ0) is 15.5. The van der Waals surface area contributed by atoms with E-state index in [1.807, 2.05) is 0 Å². The molecule has 0 amide bonds. The fourth-order valence-corrected chi connectivity index (χ4v) is 3.83. The predicted octanol–water partition coefficient (Wildman–Crippen LogP) is 3.49. The maximum atomic E-state index is 5.79. The molecule has 0 radical (unpaired) electrons. The number of fused-ring (bicyclic) bond motifs is 1. The lowest BCUT2D eigenvalue weighted by Gasteiger charge is -2.37. The Morgan fingerprint density at radius 3 is 2.78 bits per heavy atom. The molecule has 0 spiro atoms. The molecule has 0 aliphatic carbocycles. The van der Waals surface area contributed by atoms with Crippen LogP contribution in [0.25, 0.3) is 0 Å².